The van der Waals surface area contributed by atoms with Gasteiger partial charge in [0.1, 0.15) is 5.69 Å². The molecule has 126 valence electrons. The minimum atomic E-state index is -0.321. The van der Waals surface area contributed by atoms with E-state index in [2.05, 4.69) is 10.3 Å². The fourth-order valence-electron chi connectivity index (χ4n) is 2.45. The fraction of sp³-hybridized carbons (Fsp3) is 0.316. The average molecular weight is 325 g/mol. The molecule has 1 N–H and O–H groups in total. The van der Waals surface area contributed by atoms with E-state index in [1.807, 2.05) is 45.9 Å². The summed E-state index contributed by atoms with van der Waals surface area (Å²) in [6.45, 7) is 9.06. The quantitative estimate of drug-likeness (QED) is 0.916. The third-order valence-electron chi connectivity index (χ3n) is 4.14. The van der Waals surface area contributed by atoms with Gasteiger partial charge in [-0.1, -0.05) is 12.1 Å². The summed E-state index contributed by atoms with van der Waals surface area (Å²) in [6.07, 6.45) is 1.49. The average Bonchev–Trinajstić information content (AvgIpc) is 2.60. The number of benzene rings is 1. The highest BCUT2D eigenvalue weighted by molar-refractivity contribution is 6.05. The number of aryl methyl sites for hydroxylation is 1. The van der Waals surface area contributed by atoms with Crippen LogP contribution in [0.2, 0.25) is 0 Å². The van der Waals surface area contributed by atoms with Gasteiger partial charge in [0, 0.05) is 30.5 Å². The van der Waals surface area contributed by atoms with Gasteiger partial charge >= 0.3 is 0 Å². The van der Waals surface area contributed by atoms with Crippen LogP contribution in [0.25, 0.3) is 0 Å². The number of carbonyl (C=O) groups is 2. The Balaban J connectivity index is 2.23. The Kier molecular flexibility index (Phi) is 5.68. The smallest absolute Gasteiger partial charge is 0.274 e. The maximum atomic E-state index is 12.5. The first-order valence-corrected chi connectivity index (χ1v) is 8.10. The lowest BCUT2D eigenvalue weighted by Gasteiger charge is -2.18. The van der Waals surface area contributed by atoms with Crippen LogP contribution in [0.4, 0.5) is 5.69 Å². The number of pyridine rings is 1. The topological polar surface area (TPSA) is 62.3 Å². The minimum absolute atomic E-state index is 0.0943. The molecule has 2 amide bonds. The number of hydrogen-bond acceptors (Lipinski definition) is 3. The van der Waals surface area contributed by atoms with Crippen molar-refractivity contribution in [2.75, 3.05) is 18.4 Å². The second-order valence-electron chi connectivity index (χ2n) is 5.61. The molecule has 5 heteroatoms. The summed E-state index contributed by atoms with van der Waals surface area (Å²) >= 11 is 0. The largest absolute Gasteiger partial charge is 0.339 e. The Hall–Kier alpha value is -2.69. The lowest BCUT2D eigenvalue weighted by Crippen LogP contribution is -2.30. The summed E-state index contributed by atoms with van der Waals surface area (Å²) in [5, 5.41) is 2.86. The van der Waals surface area contributed by atoms with Crippen LogP contribution in [0, 0.1) is 13.8 Å². The van der Waals surface area contributed by atoms with Crippen molar-refractivity contribution in [3.05, 3.63) is 58.9 Å². The van der Waals surface area contributed by atoms with Gasteiger partial charge in [-0.25, -0.2) is 0 Å². The zero-order valence-electron chi connectivity index (χ0n) is 14.6. The lowest BCUT2D eigenvalue weighted by atomic mass is 10.1. The highest BCUT2D eigenvalue weighted by Gasteiger charge is 2.16. The summed E-state index contributed by atoms with van der Waals surface area (Å²) in [5.74, 6) is -0.416. The first-order chi connectivity index (χ1) is 11.5. The number of amides is 2. The van der Waals surface area contributed by atoms with Crippen LogP contribution in [0.1, 0.15) is 45.8 Å². The molecule has 5 nitrogen and oxygen atoms in total. The van der Waals surface area contributed by atoms with E-state index in [-0.39, 0.29) is 17.5 Å². The van der Waals surface area contributed by atoms with E-state index in [9.17, 15) is 9.59 Å². The number of aromatic nitrogens is 1. The summed E-state index contributed by atoms with van der Waals surface area (Å²) in [4.78, 5) is 30.7. The van der Waals surface area contributed by atoms with Crippen molar-refractivity contribution in [2.24, 2.45) is 0 Å². The predicted molar refractivity (Wildman–Crippen MR) is 95.4 cm³/mol. The second-order valence-corrected chi connectivity index (χ2v) is 5.61. The first kappa shape index (κ1) is 17.7. The SMILES string of the molecule is CCN(CC)C(=O)c1ccnc(C(=O)Nc2cccc(C)c2C)c1. The Morgan fingerprint density at radius 2 is 1.83 bits per heavy atom. The van der Waals surface area contributed by atoms with Crippen LogP contribution in [-0.4, -0.2) is 34.8 Å². The lowest BCUT2D eigenvalue weighted by molar-refractivity contribution is 0.0773. The molecule has 0 atom stereocenters. The normalized spacial score (nSPS) is 10.3. The first-order valence-electron chi connectivity index (χ1n) is 8.10. The third kappa shape index (κ3) is 3.79. The van der Waals surface area contributed by atoms with Gasteiger partial charge in [0.2, 0.25) is 0 Å². The number of nitrogens with one attached hydrogen (secondary N) is 1. The number of rotatable bonds is 5. The van der Waals surface area contributed by atoms with Gasteiger partial charge in [0.15, 0.2) is 0 Å². The van der Waals surface area contributed by atoms with E-state index in [4.69, 9.17) is 0 Å². The van der Waals surface area contributed by atoms with Gasteiger partial charge in [-0.2, -0.15) is 0 Å². The Morgan fingerprint density at radius 3 is 2.50 bits per heavy atom. The van der Waals surface area contributed by atoms with Crippen LogP contribution in [0.5, 0.6) is 0 Å². The molecule has 0 aliphatic carbocycles. The van der Waals surface area contributed by atoms with Gasteiger partial charge in [-0.15, -0.1) is 0 Å². The molecular formula is C19H23N3O2. The van der Waals surface area contributed by atoms with E-state index in [1.165, 1.54) is 6.20 Å². The van der Waals surface area contributed by atoms with Crippen LogP contribution in [0.3, 0.4) is 0 Å². The maximum Gasteiger partial charge on any atom is 0.274 e. The van der Waals surface area contributed by atoms with Gasteiger partial charge in [-0.3, -0.25) is 14.6 Å². The molecule has 2 aromatic rings. The zero-order valence-corrected chi connectivity index (χ0v) is 14.6. The summed E-state index contributed by atoms with van der Waals surface area (Å²) in [5.41, 5.74) is 3.57. The van der Waals surface area contributed by atoms with E-state index in [0.29, 0.717) is 18.7 Å². The molecule has 24 heavy (non-hydrogen) atoms. The molecule has 0 bridgehead atoms. The van der Waals surface area contributed by atoms with Gasteiger partial charge in [0.05, 0.1) is 0 Å². The molecule has 0 fully saturated rings. The van der Waals surface area contributed by atoms with Crippen LogP contribution in [-0.2, 0) is 0 Å². The molecule has 1 heterocycles. The van der Waals surface area contributed by atoms with Gasteiger partial charge < -0.3 is 10.2 Å². The van der Waals surface area contributed by atoms with Crippen molar-refractivity contribution >= 4 is 17.5 Å². The van der Waals surface area contributed by atoms with Crippen molar-refractivity contribution < 1.29 is 9.59 Å². The monoisotopic (exact) mass is 325 g/mol. The van der Waals surface area contributed by atoms with Crippen molar-refractivity contribution in [1.29, 1.82) is 0 Å². The summed E-state index contributed by atoms with van der Waals surface area (Å²) in [6, 6.07) is 8.92. The molecule has 1 aromatic carbocycles. The molecular weight excluding hydrogens is 302 g/mol. The minimum Gasteiger partial charge on any atom is -0.339 e. The van der Waals surface area contributed by atoms with Crippen LogP contribution >= 0.6 is 0 Å². The molecule has 0 unspecified atom stereocenters. The van der Waals surface area contributed by atoms with Crippen molar-refractivity contribution in [2.45, 2.75) is 27.7 Å². The van der Waals surface area contributed by atoms with Crippen molar-refractivity contribution in [3.63, 3.8) is 0 Å². The van der Waals surface area contributed by atoms with E-state index in [0.717, 1.165) is 16.8 Å². The van der Waals surface area contributed by atoms with E-state index < -0.39 is 0 Å². The van der Waals surface area contributed by atoms with Crippen molar-refractivity contribution in [3.8, 4) is 0 Å². The zero-order chi connectivity index (χ0) is 17.7. The van der Waals surface area contributed by atoms with E-state index >= 15 is 0 Å². The molecule has 0 aliphatic heterocycles. The maximum absolute atomic E-state index is 12.5. The number of anilines is 1. The molecule has 0 saturated carbocycles. The molecule has 0 spiro atoms. The number of nitrogens with zero attached hydrogens (tertiary/aromatic N) is 2. The van der Waals surface area contributed by atoms with Crippen molar-refractivity contribution in [1.82, 2.24) is 9.88 Å². The predicted octanol–water partition coefficient (Wildman–Crippen LogP) is 3.43. The molecule has 0 aliphatic rings. The Bertz CT molecular complexity index is 752. The standard InChI is InChI=1S/C19H23N3O2/c1-5-22(6-2)19(24)15-10-11-20-17(12-15)18(23)21-16-9-7-8-13(3)14(16)4/h7-12H,5-6H2,1-4H3,(H,21,23). The number of carbonyl (C=O) groups excluding carboxylic acids is 2. The van der Waals surface area contributed by atoms with Crippen LogP contribution in [0.15, 0.2) is 36.5 Å². The molecule has 2 rings (SSSR count). The summed E-state index contributed by atoms with van der Waals surface area (Å²) < 4.78 is 0. The molecule has 0 saturated heterocycles. The number of hydrogen-bond donors (Lipinski definition) is 1. The molecule has 1 aromatic heterocycles. The van der Waals surface area contributed by atoms with Crippen LogP contribution < -0.4 is 5.32 Å². The van der Waals surface area contributed by atoms with Gasteiger partial charge in [0.25, 0.3) is 11.8 Å². The fourth-order valence-corrected chi connectivity index (χ4v) is 2.45. The van der Waals surface area contributed by atoms with E-state index in [1.54, 1.807) is 17.0 Å². The Labute approximate surface area is 142 Å². The van der Waals surface area contributed by atoms with Gasteiger partial charge in [-0.05, 0) is 57.0 Å². The summed E-state index contributed by atoms with van der Waals surface area (Å²) in [7, 11) is 0. The highest BCUT2D eigenvalue weighted by atomic mass is 16.2. The third-order valence-corrected chi connectivity index (χ3v) is 4.14. The second kappa shape index (κ2) is 7.73. The Morgan fingerprint density at radius 1 is 1.12 bits per heavy atom. The highest BCUT2D eigenvalue weighted by Crippen LogP contribution is 2.18. The molecule has 0 radical (unpaired) electrons.